The zero-order valence-corrected chi connectivity index (χ0v) is 20.7. The number of ether oxygens (including phenoxy) is 3. The smallest absolute Gasteiger partial charge is 0.341 e. The number of methoxy groups -OCH3 is 3. The minimum absolute atomic E-state index is 0.224. The summed E-state index contributed by atoms with van der Waals surface area (Å²) in [6, 6.07) is 9.31. The van der Waals surface area contributed by atoms with Crippen molar-refractivity contribution >= 4 is 50.2 Å². The highest BCUT2D eigenvalue weighted by atomic mass is 79.9. The molecule has 0 aliphatic rings. The Bertz CT molecular complexity index is 1220. The SMILES string of the molecule is COC(=O)c1c(NC(=O)/C=C/c2cc(Br)c(OC)c(OC)c2)sc(C)c1-c1ccc(F)cc1. The van der Waals surface area contributed by atoms with Gasteiger partial charge < -0.3 is 19.5 Å². The van der Waals surface area contributed by atoms with Crippen molar-refractivity contribution < 1.29 is 28.2 Å². The van der Waals surface area contributed by atoms with E-state index >= 15 is 0 Å². The number of rotatable bonds is 7. The summed E-state index contributed by atoms with van der Waals surface area (Å²) in [7, 11) is 4.33. The summed E-state index contributed by atoms with van der Waals surface area (Å²) < 4.78 is 29.6. The topological polar surface area (TPSA) is 73.9 Å². The fourth-order valence-corrected chi connectivity index (χ4v) is 4.94. The predicted molar refractivity (Wildman–Crippen MR) is 131 cm³/mol. The Hall–Kier alpha value is -3.17. The Balaban J connectivity index is 1.91. The van der Waals surface area contributed by atoms with E-state index in [0.29, 0.717) is 37.7 Å². The Labute approximate surface area is 203 Å². The van der Waals surface area contributed by atoms with Crippen LogP contribution in [0.5, 0.6) is 11.5 Å². The van der Waals surface area contributed by atoms with Gasteiger partial charge in [0, 0.05) is 16.5 Å². The van der Waals surface area contributed by atoms with E-state index in [1.807, 2.05) is 6.92 Å². The van der Waals surface area contributed by atoms with Gasteiger partial charge in [0.1, 0.15) is 16.4 Å². The van der Waals surface area contributed by atoms with E-state index in [1.165, 1.54) is 50.9 Å². The van der Waals surface area contributed by atoms with E-state index in [4.69, 9.17) is 14.2 Å². The molecule has 0 saturated heterocycles. The first-order valence-corrected chi connectivity index (χ1v) is 11.3. The maximum Gasteiger partial charge on any atom is 0.341 e. The number of carbonyl (C=O) groups excluding carboxylic acids is 2. The molecule has 1 aromatic heterocycles. The third kappa shape index (κ3) is 5.43. The van der Waals surface area contributed by atoms with Crippen LogP contribution in [-0.2, 0) is 9.53 Å². The largest absolute Gasteiger partial charge is 0.493 e. The molecule has 0 saturated carbocycles. The van der Waals surface area contributed by atoms with Crippen molar-refractivity contribution in [3.63, 3.8) is 0 Å². The van der Waals surface area contributed by atoms with Crippen molar-refractivity contribution in [2.24, 2.45) is 0 Å². The van der Waals surface area contributed by atoms with Gasteiger partial charge in [-0.3, -0.25) is 4.79 Å². The number of hydrogen-bond donors (Lipinski definition) is 1. The number of anilines is 1. The molecule has 172 valence electrons. The van der Waals surface area contributed by atoms with Crippen LogP contribution in [0.1, 0.15) is 20.8 Å². The Kier molecular flexibility index (Phi) is 7.88. The van der Waals surface area contributed by atoms with Crippen LogP contribution in [-0.4, -0.2) is 33.2 Å². The van der Waals surface area contributed by atoms with Gasteiger partial charge in [-0.15, -0.1) is 11.3 Å². The summed E-state index contributed by atoms with van der Waals surface area (Å²) in [6.45, 7) is 1.82. The first-order chi connectivity index (χ1) is 15.8. The normalized spacial score (nSPS) is 10.8. The van der Waals surface area contributed by atoms with E-state index in [-0.39, 0.29) is 11.4 Å². The average molecular weight is 534 g/mol. The summed E-state index contributed by atoms with van der Waals surface area (Å²) in [4.78, 5) is 26.0. The van der Waals surface area contributed by atoms with Crippen LogP contribution in [0.3, 0.4) is 0 Å². The van der Waals surface area contributed by atoms with Crippen molar-refractivity contribution in [1.82, 2.24) is 0 Å². The van der Waals surface area contributed by atoms with E-state index in [9.17, 15) is 14.0 Å². The molecule has 1 heterocycles. The van der Waals surface area contributed by atoms with Crippen LogP contribution in [0.4, 0.5) is 9.39 Å². The molecule has 1 amide bonds. The first-order valence-electron chi connectivity index (χ1n) is 9.67. The van der Waals surface area contributed by atoms with Crippen molar-refractivity contribution in [2.45, 2.75) is 6.92 Å². The van der Waals surface area contributed by atoms with Crippen LogP contribution in [0.15, 0.2) is 46.9 Å². The number of thiophene rings is 1. The Morgan fingerprint density at radius 2 is 1.79 bits per heavy atom. The molecule has 0 bridgehead atoms. The van der Waals surface area contributed by atoms with Gasteiger partial charge >= 0.3 is 5.97 Å². The summed E-state index contributed by atoms with van der Waals surface area (Å²) in [5.74, 6) is -0.353. The van der Waals surface area contributed by atoms with Gasteiger partial charge in [-0.25, -0.2) is 9.18 Å². The van der Waals surface area contributed by atoms with Gasteiger partial charge in [0.05, 0.1) is 25.8 Å². The highest BCUT2D eigenvalue weighted by Gasteiger charge is 2.24. The van der Waals surface area contributed by atoms with E-state index < -0.39 is 11.9 Å². The minimum atomic E-state index is -0.596. The number of carbonyl (C=O) groups is 2. The second kappa shape index (κ2) is 10.6. The van der Waals surface area contributed by atoms with Crippen LogP contribution in [0.2, 0.25) is 0 Å². The third-order valence-corrected chi connectivity index (χ3v) is 6.34. The van der Waals surface area contributed by atoms with Crippen molar-refractivity contribution in [1.29, 1.82) is 0 Å². The predicted octanol–water partition coefficient (Wildman–Crippen LogP) is 6.08. The standard InChI is InChI=1S/C24H21BrFNO5S/c1-13-20(15-6-8-16(26)9-7-15)21(24(29)32-4)23(33-13)27-19(28)10-5-14-11-17(25)22(31-3)18(12-14)30-2/h5-12H,1-4H3,(H,27,28)/b10-5+. The van der Waals surface area contributed by atoms with Crippen LogP contribution >= 0.6 is 27.3 Å². The fraction of sp³-hybridized carbons (Fsp3) is 0.167. The van der Waals surface area contributed by atoms with Crippen molar-refractivity contribution in [3.05, 3.63) is 68.8 Å². The lowest BCUT2D eigenvalue weighted by atomic mass is 10.0. The summed E-state index contributed by atoms with van der Waals surface area (Å²) in [6.07, 6.45) is 2.96. The van der Waals surface area contributed by atoms with E-state index in [2.05, 4.69) is 21.2 Å². The van der Waals surface area contributed by atoms with Crippen molar-refractivity contribution in [3.8, 4) is 22.6 Å². The molecule has 6 nitrogen and oxygen atoms in total. The molecule has 0 fully saturated rings. The average Bonchev–Trinajstić information content (AvgIpc) is 3.12. The molecule has 9 heteroatoms. The van der Waals surface area contributed by atoms with Crippen molar-refractivity contribution in [2.75, 3.05) is 26.6 Å². The molecule has 0 unspecified atom stereocenters. The molecule has 0 atom stereocenters. The highest BCUT2D eigenvalue weighted by molar-refractivity contribution is 9.10. The molecule has 0 spiro atoms. The quantitative estimate of drug-likeness (QED) is 0.294. The maximum absolute atomic E-state index is 13.4. The fourth-order valence-electron chi connectivity index (χ4n) is 3.25. The second-order valence-corrected chi connectivity index (χ2v) is 8.88. The molecule has 1 N–H and O–H groups in total. The Morgan fingerprint density at radius 1 is 1.09 bits per heavy atom. The lowest BCUT2D eigenvalue weighted by molar-refractivity contribution is -0.111. The van der Waals surface area contributed by atoms with Crippen LogP contribution in [0.25, 0.3) is 17.2 Å². The van der Waals surface area contributed by atoms with Crippen LogP contribution in [0, 0.1) is 12.7 Å². The molecular weight excluding hydrogens is 513 g/mol. The molecule has 2 aromatic carbocycles. The number of nitrogens with one attached hydrogen (secondary N) is 1. The zero-order valence-electron chi connectivity index (χ0n) is 18.3. The number of esters is 1. The Morgan fingerprint density at radius 3 is 2.39 bits per heavy atom. The second-order valence-electron chi connectivity index (χ2n) is 6.80. The third-order valence-electron chi connectivity index (χ3n) is 4.73. The number of benzene rings is 2. The van der Waals surface area contributed by atoms with Gasteiger partial charge in [0.25, 0.3) is 0 Å². The molecule has 33 heavy (non-hydrogen) atoms. The number of halogens is 2. The monoisotopic (exact) mass is 533 g/mol. The maximum atomic E-state index is 13.4. The van der Waals surface area contributed by atoms with Gasteiger partial charge in [-0.05, 0) is 64.3 Å². The number of aryl methyl sites for hydroxylation is 1. The zero-order chi connectivity index (χ0) is 24.1. The van der Waals surface area contributed by atoms with Gasteiger partial charge in [-0.1, -0.05) is 12.1 Å². The minimum Gasteiger partial charge on any atom is -0.493 e. The van der Waals surface area contributed by atoms with Gasteiger partial charge in [0.2, 0.25) is 5.91 Å². The molecule has 0 radical (unpaired) electrons. The lowest BCUT2D eigenvalue weighted by Gasteiger charge is -2.10. The summed E-state index contributed by atoms with van der Waals surface area (Å²) in [5, 5.41) is 3.10. The molecule has 0 aliphatic heterocycles. The number of hydrogen-bond acceptors (Lipinski definition) is 6. The summed E-state index contributed by atoms with van der Waals surface area (Å²) in [5.41, 5.74) is 2.17. The highest BCUT2D eigenvalue weighted by Crippen LogP contribution is 2.40. The first kappa shape index (κ1) is 24.5. The van der Waals surface area contributed by atoms with E-state index in [1.54, 1.807) is 30.3 Å². The van der Waals surface area contributed by atoms with Gasteiger partial charge in [0.15, 0.2) is 11.5 Å². The summed E-state index contributed by atoms with van der Waals surface area (Å²) >= 11 is 4.66. The van der Waals surface area contributed by atoms with E-state index in [0.717, 1.165) is 4.88 Å². The lowest BCUT2D eigenvalue weighted by Crippen LogP contribution is -2.11. The van der Waals surface area contributed by atoms with Gasteiger partial charge in [-0.2, -0.15) is 0 Å². The molecular formula is C24H21BrFNO5S. The molecule has 3 rings (SSSR count). The van der Waals surface area contributed by atoms with Crippen LogP contribution < -0.4 is 14.8 Å². The number of amides is 1. The molecule has 0 aliphatic carbocycles. The molecule has 3 aromatic rings.